The summed E-state index contributed by atoms with van der Waals surface area (Å²) in [6.45, 7) is 3.81. The smallest absolute Gasteiger partial charge is 0.190 e. The van der Waals surface area contributed by atoms with Crippen LogP contribution in [0, 0.1) is 0 Å². The van der Waals surface area contributed by atoms with E-state index in [1.54, 1.807) is 6.07 Å². The molecule has 0 aromatic carbocycles. The van der Waals surface area contributed by atoms with Gasteiger partial charge in [-0.05, 0) is 12.1 Å². The van der Waals surface area contributed by atoms with E-state index in [1.807, 2.05) is 6.07 Å². The molecule has 1 saturated heterocycles. The molecule has 5 N–H and O–H groups in total. The average molecular weight is 209 g/mol. The Balaban J connectivity index is 2.25. The van der Waals surface area contributed by atoms with E-state index < -0.39 is 0 Å². The van der Waals surface area contributed by atoms with Gasteiger partial charge in [0.2, 0.25) is 0 Å². The molecular weight excluding hydrogens is 194 g/mol. The van der Waals surface area contributed by atoms with Crippen LogP contribution >= 0.6 is 0 Å². The van der Waals surface area contributed by atoms with Crippen LogP contribution < -0.4 is 27.4 Å². The number of nitrogen functional groups attached to an aromatic ring is 1. The first-order chi connectivity index (χ1) is 7.31. The molecule has 0 unspecified atom stereocenters. The van der Waals surface area contributed by atoms with Gasteiger partial charge in [-0.3, -0.25) is 0 Å². The van der Waals surface area contributed by atoms with Crippen molar-refractivity contribution in [3.05, 3.63) is 17.6 Å². The topological polar surface area (TPSA) is 97.5 Å². The Hall–Kier alpha value is -1.76. The van der Waals surface area contributed by atoms with E-state index in [9.17, 15) is 0 Å². The molecule has 1 aliphatic heterocycles. The lowest BCUT2D eigenvalue weighted by Crippen LogP contribution is -2.45. The zero-order valence-corrected chi connectivity index (χ0v) is 8.43. The summed E-state index contributed by atoms with van der Waals surface area (Å²) < 4.78 is 0. The summed E-state index contributed by atoms with van der Waals surface area (Å²) in [5, 5.41) is 11.0. The second kappa shape index (κ2) is 4.18. The molecule has 0 aliphatic carbocycles. The minimum atomic E-state index is 0.453. The Bertz CT molecular complexity index is 390. The van der Waals surface area contributed by atoms with Gasteiger partial charge in [0.05, 0.1) is 0 Å². The van der Waals surface area contributed by atoms with E-state index in [1.165, 1.54) is 4.79 Å². The molecule has 1 aliphatic rings. The van der Waals surface area contributed by atoms with Gasteiger partial charge in [0, 0.05) is 26.2 Å². The molecular formula is C8H15N7. The predicted molar refractivity (Wildman–Crippen MR) is 57.2 cm³/mol. The fourth-order valence-electron chi connectivity index (χ4n) is 1.59. The molecule has 0 amide bonds. The number of hydrogen-bond donors (Lipinski definition) is 3. The van der Waals surface area contributed by atoms with Crippen LogP contribution in [0.3, 0.4) is 0 Å². The van der Waals surface area contributed by atoms with Gasteiger partial charge in [0.1, 0.15) is 0 Å². The Morgan fingerprint density at radius 2 is 2.07 bits per heavy atom. The van der Waals surface area contributed by atoms with Crippen molar-refractivity contribution in [2.75, 3.05) is 36.9 Å². The van der Waals surface area contributed by atoms with Crippen LogP contribution in [0.1, 0.15) is 0 Å². The third-order valence-electron chi connectivity index (χ3n) is 2.40. The highest BCUT2D eigenvalue weighted by Crippen LogP contribution is 2.07. The van der Waals surface area contributed by atoms with Crippen LogP contribution in [0.15, 0.2) is 17.2 Å². The molecule has 2 heterocycles. The highest BCUT2D eigenvalue weighted by molar-refractivity contribution is 5.37. The largest absolute Gasteiger partial charge is 0.353 e. The van der Waals surface area contributed by atoms with Gasteiger partial charge in [-0.25, -0.2) is 0 Å². The van der Waals surface area contributed by atoms with Crippen molar-refractivity contribution >= 4 is 5.82 Å². The molecule has 7 nitrogen and oxygen atoms in total. The fraction of sp³-hybridized carbons (Fsp3) is 0.500. The van der Waals surface area contributed by atoms with Crippen molar-refractivity contribution in [1.29, 1.82) is 0 Å². The third-order valence-corrected chi connectivity index (χ3v) is 2.40. The number of nitrogens with one attached hydrogen (secondary N) is 1. The van der Waals surface area contributed by atoms with Crippen LogP contribution in [0.4, 0.5) is 5.82 Å². The quantitative estimate of drug-likeness (QED) is 0.359. The molecule has 0 saturated carbocycles. The van der Waals surface area contributed by atoms with Crippen LogP contribution in [0.25, 0.3) is 0 Å². The Morgan fingerprint density at radius 1 is 1.33 bits per heavy atom. The van der Waals surface area contributed by atoms with E-state index >= 15 is 0 Å². The SMILES string of the molecule is N/N=c1/ccc(N2CCNCC2)nn1N. The zero-order chi connectivity index (χ0) is 10.7. The van der Waals surface area contributed by atoms with E-state index in [0.717, 1.165) is 32.0 Å². The molecule has 1 aromatic heterocycles. The molecule has 15 heavy (non-hydrogen) atoms. The summed E-state index contributed by atoms with van der Waals surface area (Å²) in [6.07, 6.45) is 0. The van der Waals surface area contributed by atoms with Crippen LogP contribution in [-0.4, -0.2) is 36.1 Å². The lowest BCUT2D eigenvalue weighted by Gasteiger charge is -2.28. The maximum atomic E-state index is 5.63. The summed E-state index contributed by atoms with van der Waals surface area (Å²) in [5.41, 5.74) is 0.453. The van der Waals surface area contributed by atoms with Crippen molar-refractivity contribution in [3.8, 4) is 0 Å². The van der Waals surface area contributed by atoms with E-state index in [2.05, 4.69) is 20.4 Å². The number of piperazine rings is 1. The van der Waals surface area contributed by atoms with Gasteiger partial charge < -0.3 is 21.9 Å². The van der Waals surface area contributed by atoms with Gasteiger partial charge in [-0.15, -0.1) is 5.10 Å². The number of aromatic nitrogens is 2. The van der Waals surface area contributed by atoms with Gasteiger partial charge in [-0.2, -0.15) is 9.89 Å². The monoisotopic (exact) mass is 209 g/mol. The van der Waals surface area contributed by atoms with E-state index in [-0.39, 0.29) is 0 Å². The van der Waals surface area contributed by atoms with Crippen molar-refractivity contribution in [2.24, 2.45) is 10.9 Å². The molecule has 0 radical (unpaired) electrons. The van der Waals surface area contributed by atoms with E-state index in [0.29, 0.717) is 5.49 Å². The summed E-state index contributed by atoms with van der Waals surface area (Å²) in [6, 6.07) is 3.63. The summed E-state index contributed by atoms with van der Waals surface area (Å²) >= 11 is 0. The van der Waals surface area contributed by atoms with Gasteiger partial charge in [0.15, 0.2) is 11.3 Å². The third kappa shape index (κ3) is 2.01. The van der Waals surface area contributed by atoms with Gasteiger partial charge >= 0.3 is 0 Å². The first kappa shape index (κ1) is 9.78. The van der Waals surface area contributed by atoms with Crippen LogP contribution in [0.5, 0.6) is 0 Å². The highest BCUT2D eigenvalue weighted by Gasteiger charge is 2.11. The first-order valence-electron chi connectivity index (χ1n) is 4.86. The normalized spacial score (nSPS) is 18.1. The summed E-state index contributed by atoms with van der Waals surface area (Å²) in [4.78, 5) is 3.36. The molecule has 7 heteroatoms. The summed E-state index contributed by atoms with van der Waals surface area (Å²) in [7, 11) is 0. The number of nitrogens with zero attached hydrogens (tertiary/aromatic N) is 4. The highest BCUT2D eigenvalue weighted by atomic mass is 15.5. The standard InChI is InChI=1S/C8H15N7/c9-12-7-1-2-8(13-15(7)10)14-5-3-11-4-6-14/h1-2,11H,3-6,9-10H2/b12-7-. The lowest BCUT2D eigenvalue weighted by atomic mass is 10.3. The van der Waals surface area contributed by atoms with Gasteiger partial charge in [-0.1, -0.05) is 0 Å². The van der Waals surface area contributed by atoms with Crippen LogP contribution in [0.2, 0.25) is 0 Å². The average Bonchev–Trinajstić information content (AvgIpc) is 2.30. The maximum absolute atomic E-state index is 5.63. The minimum Gasteiger partial charge on any atom is -0.353 e. The Labute approximate surface area is 87.3 Å². The number of nitrogens with two attached hydrogens (primary N) is 2. The second-order valence-corrected chi connectivity index (χ2v) is 3.36. The van der Waals surface area contributed by atoms with Crippen LogP contribution in [-0.2, 0) is 0 Å². The first-order valence-corrected chi connectivity index (χ1v) is 4.86. The van der Waals surface area contributed by atoms with E-state index in [4.69, 9.17) is 11.7 Å². The molecule has 0 bridgehead atoms. The molecule has 1 fully saturated rings. The minimum absolute atomic E-state index is 0.453. The Morgan fingerprint density at radius 3 is 2.67 bits per heavy atom. The fourth-order valence-corrected chi connectivity index (χ4v) is 1.59. The molecule has 82 valence electrons. The zero-order valence-electron chi connectivity index (χ0n) is 8.43. The molecule has 1 aromatic rings. The lowest BCUT2D eigenvalue weighted by molar-refractivity contribution is 0.576. The molecule has 2 rings (SSSR count). The van der Waals surface area contributed by atoms with Crippen molar-refractivity contribution in [1.82, 2.24) is 15.2 Å². The second-order valence-electron chi connectivity index (χ2n) is 3.36. The van der Waals surface area contributed by atoms with Crippen molar-refractivity contribution in [2.45, 2.75) is 0 Å². The summed E-state index contributed by atoms with van der Waals surface area (Å²) in [5.74, 6) is 11.6. The predicted octanol–water partition coefficient (Wildman–Crippen LogP) is -2.22. The molecule has 0 spiro atoms. The Kier molecular flexibility index (Phi) is 2.72. The number of rotatable bonds is 1. The molecule has 0 atom stereocenters. The van der Waals surface area contributed by atoms with Crippen molar-refractivity contribution in [3.63, 3.8) is 0 Å². The number of anilines is 1. The van der Waals surface area contributed by atoms with Crippen molar-refractivity contribution < 1.29 is 0 Å². The number of hydrogen-bond acceptors (Lipinski definition) is 6. The maximum Gasteiger partial charge on any atom is 0.190 e. The van der Waals surface area contributed by atoms with Gasteiger partial charge in [0.25, 0.3) is 0 Å².